The van der Waals surface area contributed by atoms with Crippen LogP contribution in [0.3, 0.4) is 0 Å². The van der Waals surface area contributed by atoms with E-state index >= 15 is 0 Å². The van der Waals surface area contributed by atoms with Gasteiger partial charge in [0.2, 0.25) is 0 Å². The molecule has 2 N–H and O–H groups in total. The fraction of sp³-hybridized carbons (Fsp3) is 0.600. The van der Waals surface area contributed by atoms with Crippen molar-refractivity contribution in [2.45, 2.75) is 43.8 Å². The van der Waals surface area contributed by atoms with Crippen LogP contribution in [-0.4, -0.2) is 28.4 Å². The van der Waals surface area contributed by atoms with Gasteiger partial charge >= 0.3 is 0 Å². The Morgan fingerprint density at radius 3 is 2.70 bits per heavy atom. The van der Waals surface area contributed by atoms with Crippen LogP contribution in [0.2, 0.25) is 0 Å². The molecule has 1 aliphatic rings. The molecule has 110 valence electrons. The number of rotatable bonds is 4. The average Bonchev–Trinajstić information content (AvgIpc) is 2.46. The molecule has 1 aliphatic carbocycles. The van der Waals surface area contributed by atoms with Crippen molar-refractivity contribution in [2.75, 3.05) is 12.8 Å². The topological polar surface area (TPSA) is 62.0 Å². The van der Waals surface area contributed by atoms with Gasteiger partial charge in [-0.15, -0.1) is 0 Å². The zero-order chi connectivity index (χ0) is 14.6. The van der Waals surface area contributed by atoms with E-state index in [4.69, 9.17) is 0 Å². The summed E-state index contributed by atoms with van der Waals surface area (Å²) in [4.78, 5) is 26.9. The number of aromatic nitrogens is 1. The second kappa shape index (κ2) is 6.48. The number of thioether (sulfide) groups is 1. The second-order valence-electron chi connectivity index (χ2n) is 5.52. The Labute approximate surface area is 123 Å². The summed E-state index contributed by atoms with van der Waals surface area (Å²) in [6, 6.07) is 1.46. The minimum Gasteiger partial charge on any atom is -0.364 e. The van der Waals surface area contributed by atoms with Gasteiger partial charge in [0.15, 0.2) is 5.43 Å². The van der Waals surface area contributed by atoms with Gasteiger partial charge in [-0.3, -0.25) is 9.59 Å². The van der Waals surface area contributed by atoms with Crippen LogP contribution in [0, 0.1) is 6.92 Å². The highest BCUT2D eigenvalue weighted by Crippen LogP contribution is 2.37. The van der Waals surface area contributed by atoms with E-state index in [0.29, 0.717) is 6.54 Å². The number of amides is 1. The van der Waals surface area contributed by atoms with E-state index in [9.17, 15) is 9.59 Å². The number of aryl methyl sites for hydroxylation is 1. The van der Waals surface area contributed by atoms with Crippen molar-refractivity contribution in [3.63, 3.8) is 0 Å². The average molecular weight is 294 g/mol. The van der Waals surface area contributed by atoms with Crippen LogP contribution in [0.15, 0.2) is 17.1 Å². The predicted octanol–water partition coefficient (Wildman–Crippen LogP) is 2.48. The number of nitrogens with one attached hydrogen (secondary N) is 2. The van der Waals surface area contributed by atoms with Crippen LogP contribution in [0.1, 0.15) is 48.2 Å². The van der Waals surface area contributed by atoms with E-state index < -0.39 is 0 Å². The monoisotopic (exact) mass is 294 g/mol. The number of hydrogen-bond donors (Lipinski definition) is 2. The quantitative estimate of drug-likeness (QED) is 0.897. The molecule has 5 heteroatoms. The van der Waals surface area contributed by atoms with Gasteiger partial charge in [0.25, 0.3) is 5.91 Å². The zero-order valence-electron chi connectivity index (χ0n) is 12.1. The van der Waals surface area contributed by atoms with Gasteiger partial charge < -0.3 is 10.3 Å². The van der Waals surface area contributed by atoms with Gasteiger partial charge in [-0.2, -0.15) is 11.8 Å². The summed E-state index contributed by atoms with van der Waals surface area (Å²) in [6.07, 6.45) is 9.62. The van der Waals surface area contributed by atoms with Crippen molar-refractivity contribution in [3.05, 3.63) is 33.7 Å². The smallest absolute Gasteiger partial charge is 0.256 e. The van der Waals surface area contributed by atoms with Crippen molar-refractivity contribution in [1.29, 1.82) is 0 Å². The van der Waals surface area contributed by atoms with Crippen molar-refractivity contribution in [3.8, 4) is 0 Å². The first-order valence-corrected chi connectivity index (χ1v) is 8.31. The molecule has 0 radical (unpaired) electrons. The fourth-order valence-corrected chi connectivity index (χ4v) is 3.65. The lowest BCUT2D eigenvalue weighted by molar-refractivity contribution is 0.0945. The summed E-state index contributed by atoms with van der Waals surface area (Å²) >= 11 is 1.84. The Kier molecular flexibility index (Phi) is 4.91. The Morgan fingerprint density at radius 1 is 1.40 bits per heavy atom. The maximum absolute atomic E-state index is 12.1. The first-order valence-electron chi connectivity index (χ1n) is 7.09. The maximum Gasteiger partial charge on any atom is 0.256 e. The molecule has 1 amide bonds. The molecule has 0 aromatic carbocycles. The Bertz CT molecular complexity index is 533. The van der Waals surface area contributed by atoms with Gasteiger partial charge in [0.05, 0.1) is 0 Å². The van der Waals surface area contributed by atoms with E-state index in [1.54, 1.807) is 6.92 Å². The molecule has 0 bridgehead atoms. The van der Waals surface area contributed by atoms with Crippen LogP contribution in [0.4, 0.5) is 0 Å². The van der Waals surface area contributed by atoms with Crippen molar-refractivity contribution >= 4 is 17.7 Å². The van der Waals surface area contributed by atoms with Gasteiger partial charge in [0, 0.05) is 29.2 Å². The number of hydrogen-bond acceptors (Lipinski definition) is 3. The minimum atomic E-state index is -0.273. The standard InChI is InChI=1S/C15H22N2O2S/c1-11-8-13(18)12(9-16-11)14(19)17-10-15(20-2)6-4-3-5-7-15/h8-9H,3-7,10H2,1-2H3,(H,16,18)(H,17,19). The molecule has 1 aromatic rings. The lowest BCUT2D eigenvalue weighted by atomic mass is 9.88. The summed E-state index contributed by atoms with van der Waals surface area (Å²) < 4.78 is 0.144. The number of carbonyl (C=O) groups is 1. The van der Waals surface area contributed by atoms with E-state index in [0.717, 1.165) is 18.5 Å². The highest BCUT2D eigenvalue weighted by Gasteiger charge is 2.31. The molecular weight excluding hydrogens is 272 g/mol. The SMILES string of the molecule is CSC1(CNC(=O)c2c[nH]c(C)cc2=O)CCCCC1. The van der Waals surface area contributed by atoms with Gasteiger partial charge in [-0.05, 0) is 26.0 Å². The molecule has 0 unspecified atom stereocenters. The zero-order valence-corrected chi connectivity index (χ0v) is 12.9. The minimum absolute atomic E-state index is 0.144. The van der Waals surface area contributed by atoms with E-state index in [-0.39, 0.29) is 21.6 Å². The maximum atomic E-state index is 12.1. The van der Waals surface area contributed by atoms with Gasteiger partial charge in [-0.25, -0.2) is 0 Å². The Hall–Kier alpha value is -1.23. The summed E-state index contributed by atoms with van der Waals surface area (Å²) in [7, 11) is 0. The normalized spacial score (nSPS) is 17.7. The fourth-order valence-electron chi connectivity index (χ4n) is 2.74. The molecule has 0 saturated heterocycles. The van der Waals surface area contributed by atoms with Gasteiger partial charge in [-0.1, -0.05) is 19.3 Å². The molecule has 20 heavy (non-hydrogen) atoms. The Morgan fingerprint density at radius 2 is 2.10 bits per heavy atom. The van der Waals surface area contributed by atoms with Gasteiger partial charge in [0.1, 0.15) is 5.56 Å². The van der Waals surface area contributed by atoms with Crippen LogP contribution in [-0.2, 0) is 0 Å². The summed E-state index contributed by atoms with van der Waals surface area (Å²) in [5, 5.41) is 2.94. The van der Waals surface area contributed by atoms with Crippen molar-refractivity contribution < 1.29 is 4.79 Å². The third-order valence-electron chi connectivity index (χ3n) is 4.07. The largest absolute Gasteiger partial charge is 0.364 e. The van der Waals surface area contributed by atoms with Crippen LogP contribution in [0.25, 0.3) is 0 Å². The Balaban J connectivity index is 2.02. The van der Waals surface area contributed by atoms with Crippen LogP contribution >= 0.6 is 11.8 Å². The molecule has 0 aliphatic heterocycles. The summed E-state index contributed by atoms with van der Waals surface area (Å²) in [5.41, 5.74) is 0.739. The molecule has 2 rings (SSSR count). The first kappa shape index (κ1) is 15.2. The molecule has 1 aromatic heterocycles. The van der Waals surface area contributed by atoms with Crippen LogP contribution in [0.5, 0.6) is 0 Å². The third-order valence-corrected chi connectivity index (χ3v) is 5.49. The molecule has 1 fully saturated rings. The highest BCUT2D eigenvalue weighted by atomic mass is 32.2. The lowest BCUT2D eigenvalue weighted by Crippen LogP contribution is -2.42. The molecule has 4 nitrogen and oxygen atoms in total. The van der Waals surface area contributed by atoms with Crippen molar-refractivity contribution in [2.24, 2.45) is 0 Å². The number of pyridine rings is 1. The molecule has 1 heterocycles. The van der Waals surface area contributed by atoms with E-state index in [1.807, 2.05) is 11.8 Å². The molecule has 0 spiro atoms. The molecular formula is C15H22N2O2S. The third kappa shape index (κ3) is 3.45. The van der Waals surface area contributed by atoms with E-state index in [2.05, 4.69) is 16.6 Å². The summed E-state index contributed by atoms with van der Waals surface area (Å²) in [5.74, 6) is -0.273. The number of aromatic amines is 1. The lowest BCUT2D eigenvalue weighted by Gasteiger charge is -2.35. The second-order valence-corrected chi connectivity index (χ2v) is 6.80. The molecule has 0 atom stereocenters. The van der Waals surface area contributed by atoms with Crippen molar-refractivity contribution in [1.82, 2.24) is 10.3 Å². The highest BCUT2D eigenvalue weighted by molar-refractivity contribution is 8.00. The first-order chi connectivity index (χ1) is 9.56. The summed E-state index contributed by atoms with van der Waals surface area (Å²) in [6.45, 7) is 2.44. The van der Waals surface area contributed by atoms with Crippen LogP contribution < -0.4 is 10.7 Å². The number of carbonyl (C=O) groups excluding carboxylic acids is 1. The molecule has 1 saturated carbocycles. The predicted molar refractivity (Wildman–Crippen MR) is 83.5 cm³/mol. The van der Waals surface area contributed by atoms with E-state index in [1.165, 1.54) is 31.5 Å². The number of H-pyrrole nitrogens is 1.